The third kappa shape index (κ3) is 2.65. The molecule has 0 spiro atoms. The van der Waals surface area contributed by atoms with Gasteiger partial charge in [-0.15, -0.1) is 5.10 Å². The number of aromatic nitrogens is 3. The second-order valence-corrected chi connectivity index (χ2v) is 6.82. The van der Waals surface area contributed by atoms with Crippen molar-refractivity contribution in [1.29, 1.82) is 0 Å². The molecule has 5 rings (SSSR count). The van der Waals surface area contributed by atoms with Gasteiger partial charge in [0.2, 0.25) is 5.95 Å². The molecule has 1 unspecified atom stereocenters. The molecule has 2 aromatic carbocycles. The monoisotopic (exact) mass is 360 g/mol. The maximum absolute atomic E-state index is 13.5. The molecule has 1 aliphatic carbocycles. The zero-order valence-electron chi connectivity index (χ0n) is 14.5. The van der Waals surface area contributed by atoms with E-state index in [0.717, 1.165) is 29.7 Å². The molecule has 0 radical (unpaired) electrons. The summed E-state index contributed by atoms with van der Waals surface area (Å²) in [7, 11) is 0. The van der Waals surface area contributed by atoms with Crippen LogP contribution in [0.4, 0.5) is 10.3 Å². The van der Waals surface area contributed by atoms with Crippen LogP contribution in [0.3, 0.4) is 0 Å². The van der Waals surface area contributed by atoms with Crippen LogP contribution in [0.2, 0.25) is 0 Å². The molecule has 5 nitrogen and oxygen atoms in total. The molecule has 0 bridgehead atoms. The number of hydrogen-bond acceptors (Lipinski definition) is 4. The lowest BCUT2D eigenvalue weighted by Gasteiger charge is -2.32. The normalized spacial score (nSPS) is 18.7. The predicted octanol–water partition coefficient (Wildman–Crippen LogP) is 4.11. The number of ketones is 1. The summed E-state index contributed by atoms with van der Waals surface area (Å²) in [5.41, 5.74) is 3.35. The van der Waals surface area contributed by atoms with Crippen molar-refractivity contribution in [1.82, 2.24) is 14.8 Å². The number of hydrogen-bond donors (Lipinski definition) is 1. The summed E-state index contributed by atoms with van der Waals surface area (Å²) in [6, 6.07) is 15.6. The molecule has 1 atom stereocenters. The molecule has 0 amide bonds. The Morgan fingerprint density at radius 1 is 1.04 bits per heavy atom. The van der Waals surface area contributed by atoms with Crippen LogP contribution in [0, 0.1) is 5.82 Å². The van der Waals surface area contributed by atoms with E-state index in [-0.39, 0.29) is 11.6 Å². The lowest BCUT2D eigenvalue weighted by atomic mass is 9.85. The van der Waals surface area contributed by atoms with Gasteiger partial charge in [0, 0.05) is 23.3 Å². The van der Waals surface area contributed by atoms with Crippen LogP contribution in [0.5, 0.6) is 0 Å². The first-order chi connectivity index (χ1) is 13.2. The van der Waals surface area contributed by atoms with Crippen LogP contribution in [-0.4, -0.2) is 20.5 Å². The van der Waals surface area contributed by atoms with Crippen molar-refractivity contribution in [2.75, 3.05) is 5.32 Å². The number of halogens is 1. The Morgan fingerprint density at radius 2 is 1.81 bits per heavy atom. The fourth-order valence-electron chi connectivity index (χ4n) is 3.82. The van der Waals surface area contributed by atoms with Gasteiger partial charge >= 0.3 is 0 Å². The molecule has 3 aromatic rings. The highest BCUT2D eigenvalue weighted by molar-refractivity contribution is 5.99. The SMILES string of the molecule is O=C1CCCC2=C1C(c1ccc(F)cc1)n1nc(-c3ccccc3)nc1N2. The van der Waals surface area contributed by atoms with Gasteiger partial charge < -0.3 is 5.32 Å². The first kappa shape index (κ1) is 15.9. The summed E-state index contributed by atoms with van der Waals surface area (Å²) in [5, 5.41) is 7.99. The molecule has 0 fully saturated rings. The standard InChI is InChI=1S/C21H17FN4O/c22-15-11-9-13(10-12-15)19-18-16(7-4-8-17(18)27)23-21-24-20(25-26(19)21)14-5-2-1-3-6-14/h1-3,5-6,9-12,19H,4,7-8H2,(H,23,24,25). The van der Waals surface area contributed by atoms with Gasteiger partial charge in [-0.1, -0.05) is 42.5 Å². The van der Waals surface area contributed by atoms with E-state index in [1.54, 1.807) is 16.8 Å². The highest BCUT2D eigenvalue weighted by Crippen LogP contribution is 2.40. The smallest absolute Gasteiger partial charge is 0.226 e. The van der Waals surface area contributed by atoms with Gasteiger partial charge in [-0.05, 0) is 30.5 Å². The molecular weight excluding hydrogens is 343 g/mol. The Kier molecular flexibility index (Phi) is 3.63. The number of fused-ring (bicyclic) bond motifs is 1. The lowest BCUT2D eigenvalue weighted by Crippen LogP contribution is -2.31. The number of carbonyl (C=O) groups excluding carboxylic acids is 1. The van der Waals surface area contributed by atoms with Crippen LogP contribution in [0.1, 0.15) is 30.9 Å². The second kappa shape index (κ2) is 6.16. The van der Waals surface area contributed by atoms with Gasteiger partial charge in [-0.3, -0.25) is 4.79 Å². The molecular formula is C21H17FN4O. The van der Waals surface area contributed by atoms with Crippen molar-refractivity contribution in [2.45, 2.75) is 25.3 Å². The topological polar surface area (TPSA) is 59.8 Å². The van der Waals surface area contributed by atoms with E-state index < -0.39 is 6.04 Å². The molecule has 1 aliphatic heterocycles. The third-order valence-corrected chi connectivity index (χ3v) is 5.09. The molecule has 1 N–H and O–H groups in total. The Bertz CT molecular complexity index is 1050. The van der Waals surface area contributed by atoms with Crippen molar-refractivity contribution in [3.63, 3.8) is 0 Å². The number of carbonyl (C=O) groups is 1. The van der Waals surface area contributed by atoms with E-state index in [2.05, 4.69) is 15.4 Å². The highest BCUT2D eigenvalue weighted by atomic mass is 19.1. The molecule has 0 saturated heterocycles. The average molecular weight is 360 g/mol. The van der Waals surface area contributed by atoms with Gasteiger partial charge in [-0.2, -0.15) is 4.98 Å². The Hall–Kier alpha value is -3.28. The number of anilines is 1. The van der Waals surface area contributed by atoms with Crippen molar-refractivity contribution >= 4 is 11.7 Å². The summed E-state index contributed by atoms with van der Waals surface area (Å²) in [6.07, 6.45) is 2.14. The third-order valence-electron chi connectivity index (χ3n) is 5.09. The minimum absolute atomic E-state index is 0.112. The highest BCUT2D eigenvalue weighted by Gasteiger charge is 2.36. The molecule has 1 aromatic heterocycles. The maximum atomic E-state index is 13.5. The fourth-order valence-corrected chi connectivity index (χ4v) is 3.82. The number of nitrogens with zero attached hydrogens (tertiary/aromatic N) is 3. The summed E-state index contributed by atoms with van der Waals surface area (Å²) in [6.45, 7) is 0. The van der Waals surface area contributed by atoms with Gasteiger partial charge in [0.25, 0.3) is 0 Å². The fraction of sp³-hybridized carbons (Fsp3) is 0.190. The lowest BCUT2D eigenvalue weighted by molar-refractivity contribution is -0.116. The number of allylic oxidation sites excluding steroid dienone is 2. The number of rotatable bonds is 2. The Balaban J connectivity index is 1.68. The number of Topliss-reactive ketones (excluding diaryl/α,β-unsaturated/α-hetero) is 1. The van der Waals surface area contributed by atoms with E-state index in [4.69, 9.17) is 0 Å². The maximum Gasteiger partial charge on any atom is 0.226 e. The van der Waals surface area contributed by atoms with E-state index >= 15 is 0 Å². The van der Waals surface area contributed by atoms with E-state index in [0.29, 0.717) is 23.8 Å². The Morgan fingerprint density at radius 3 is 2.59 bits per heavy atom. The minimum Gasteiger partial charge on any atom is -0.328 e. The van der Waals surface area contributed by atoms with Crippen molar-refractivity contribution < 1.29 is 9.18 Å². The van der Waals surface area contributed by atoms with Crippen LogP contribution in [-0.2, 0) is 4.79 Å². The van der Waals surface area contributed by atoms with Gasteiger partial charge in [0.1, 0.15) is 11.9 Å². The van der Waals surface area contributed by atoms with Crippen molar-refractivity contribution in [2.24, 2.45) is 0 Å². The van der Waals surface area contributed by atoms with Gasteiger partial charge in [0.15, 0.2) is 11.6 Å². The van der Waals surface area contributed by atoms with Crippen LogP contribution in [0.15, 0.2) is 65.9 Å². The molecule has 6 heteroatoms. The summed E-state index contributed by atoms with van der Waals surface area (Å²) >= 11 is 0. The molecule has 2 aliphatic rings. The predicted molar refractivity (Wildman–Crippen MR) is 99.5 cm³/mol. The summed E-state index contributed by atoms with van der Waals surface area (Å²) < 4.78 is 15.2. The Labute approximate surface area is 155 Å². The zero-order chi connectivity index (χ0) is 18.4. The quantitative estimate of drug-likeness (QED) is 0.747. The molecule has 0 saturated carbocycles. The number of benzene rings is 2. The largest absolute Gasteiger partial charge is 0.328 e. The van der Waals surface area contributed by atoms with Gasteiger partial charge in [-0.25, -0.2) is 9.07 Å². The average Bonchev–Trinajstić information content (AvgIpc) is 3.12. The van der Waals surface area contributed by atoms with Crippen molar-refractivity contribution in [3.05, 3.63) is 77.2 Å². The van der Waals surface area contributed by atoms with E-state index in [1.807, 2.05) is 30.3 Å². The zero-order valence-corrected chi connectivity index (χ0v) is 14.5. The van der Waals surface area contributed by atoms with Crippen LogP contribution >= 0.6 is 0 Å². The van der Waals surface area contributed by atoms with E-state index in [9.17, 15) is 9.18 Å². The van der Waals surface area contributed by atoms with Gasteiger partial charge in [0.05, 0.1) is 0 Å². The van der Waals surface area contributed by atoms with Crippen molar-refractivity contribution in [3.8, 4) is 11.4 Å². The minimum atomic E-state index is -0.394. The first-order valence-electron chi connectivity index (χ1n) is 9.01. The second-order valence-electron chi connectivity index (χ2n) is 6.82. The number of nitrogens with one attached hydrogen (secondary N) is 1. The first-order valence-corrected chi connectivity index (χ1v) is 9.01. The van der Waals surface area contributed by atoms with E-state index in [1.165, 1.54) is 12.1 Å². The molecule has 134 valence electrons. The van der Waals surface area contributed by atoms with Crippen LogP contribution in [0.25, 0.3) is 11.4 Å². The molecule has 27 heavy (non-hydrogen) atoms. The van der Waals surface area contributed by atoms with Crippen LogP contribution < -0.4 is 5.32 Å². The summed E-state index contributed by atoms with van der Waals surface area (Å²) in [5.74, 6) is 1.01. The molecule has 2 heterocycles. The summed E-state index contributed by atoms with van der Waals surface area (Å²) in [4.78, 5) is 17.4.